The summed E-state index contributed by atoms with van der Waals surface area (Å²) < 4.78 is 0. The normalized spacial score (nSPS) is 17.3. The molecule has 6 heteroatoms. The SMILES string of the molecule is Cc1ncsc1C(=O)N1CC(N)Cc2ccccc21.Cl. The van der Waals surface area contributed by atoms with Gasteiger partial charge in [-0.2, -0.15) is 0 Å². The predicted octanol–water partition coefficient (Wildman–Crippen LogP) is 2.40. The first-order chi connectivity index (χ1) is 9.16. The Morgan fingerprint density at radius 1 is 1.45 bits per heavy atom. The maximum atomic E-state index is 12.6. The van der Waals surface area contributed by atoms with Gasteiger partial charge in [0.25, 0.3) is 5.91 Å². The smallest absolute Gasteiger partial charge is 0.270 e. The Kier molecular flexibility index (Phi) is 4.42. The van der Waals surface area contributed by atoms with E-state index in [2.05, 4.69) is 4.98 Å². The Morgan fingerprint density at radius 2 is 2.20 bits per heavy atom. The van der Waals surface area contributed by atoms with Crippen molar-refractivity contribution in [2.24, 2.45) is 5.73 Å². The van der Waals surface area contributed by atoms with Gasteiger partial charge in [-0.1, -0.05) is 18.2 Å². The Bertz CT molecular complexity index is 628. The number of hydrogen-bond donors (Lipinski definition) is 1. The van der Waals surface area contributed by atoms with Gasteiger partial charge in [0.1, 0.15) is 4.88 Å². The Hall–Kier alpha value is -1.43. The van der Waals surface area contributed by atoms with Crippen LogP contribution in [-0.4, -0.2) is 23.5 Å². The molecule has 20 heavy (non-hydrogen) atoms. The van der Waals surface area contributed by atoms with Gasteiger partial charge in [0.05, 0.1) is 11.2 Å². The molecule has 0 spiro atoms. The van der Waals surface area contributed by atoms with Gasteiger partial charge in [-0.05, 0) is 25.0 Å². The summed E-state index contributed by atoms with van der Waals surface area (Å²) >= 11 is 1.38. The van der Waals surface area contributed by atoms with Crippen LogP contribution in [0.4, 0.5) is 5.69 Å². The van der Waals surface area contributed by atoms with Crippen LogP contribution < -0.4 is 10.6 Å². The molecule has 1 aliphatic heterocycles. The molecule has 0 aliphatic carbocycles. The second kappa shape index (κ2) is 5.91. The molecular formula is C14H16ClN3OS. The summed E-state index contributed by atoms with van der Waals surface area (Å²) in [6.45, 7) is 2.42. The van der Waals surface area contributed by atoms with Crippen molar-refractivity contribution in [1.29, 1.82) is 0 Å². The third kappa shape index (κ3) is 2.57. The zero-order valence-electron chi connectivity index (χ0n) is 11.1. The molecule has 2 N–H and O–H groups in total. The molecule has 2 heterocycles. The lowest BCUT2D eigenvalue weighted by Gasteiger charge is -2.32. The molecule has 1 aromatic carbocycles. The minimum atomic E-state index is -0.00734. The zero-order chi connectivity index (χ0) is 13.4. The van der Waals surface area contributed by atoms with Crippen molar-refractivity contribution in [2.45, 2.75) is 19.4 Å². The quantitative estimate of drug-likeness (QED) is 0.880. The second-order valence-corrected chi connectivity index (χ2v) is 5.63. The minimum Gasteiger partial charge on any atom is -0.326 e. The number of nitrogens with two attached hydrogens (primary N) is 1. The molecule has 3 rings (SSSR count). The molecule has 0 fully saturated rings. The Morgan fingerprint density at radius 3 is 2.90 bits per heavy atom. The molecule has 2 aromatic rings. The summed E-state index contributed by atoms with van der Waals surface area (Å²) in [5.74, 6) is 0.00241. The molecule has 0 bridgehead atoms. The van der Waals surface area contributed by atoms with Gasteiger partial charge in [0.2, 0.25) is 0 Å². The van der Waals surface area contributed by atoms with Gasteiger partial charge < -0.3 is 10.6 Å². The van der Waals surface area contributed by atoms with E-state index in [1.807, 2.05) is 31.2 Å². The van der Waals surface area contributed by atoms with E-state index in [1.54, 1.807) is 10.4 Å². The van der Waals surface area contributed by atoms with E-state index in [0.717, 1.165) is 23.4 Å². The van der Waals surface area contributed by atoms with Crippen LogP contribution in [0.5, 0.6) is 0 Å². The van der Waals surface area contributed by atoms with Crippen molar-refractivity contribution >= 4 is 35.3 Å². The number of hydrogen-bond acceptors (Lipinski definition) is 4. The molecule has 1 atom stereocenters. The average molecular weight is 310 g/mol. The molecule has 1 unspecified atom stereocenters. The Balaban J connectivity index is 0.00000147. The lowest BCUT2D eigenvalue weighted by atomic mass is 9.98. The van der Waals surface area contributed by atoms with Crippen LogP contribution >= 0.6 is 23.7 Å². The summed E-state index contributed by atoms with van der Waals surface area (Å²) in [6, 6.07) is 7.95. The summed E-state index contributed by atoms with van der Waals surface area (Å²) in [6.07, 6.45) is 0.821. The monoisotopic (exact) mass is 309 g/mol. The molecule has 1 aromatic heterocycles. The van der Waals surface area contributed by atoms with Crippen LogP contribution in [0.1, 0.15) is 20.9 Å². The molecule has 1 aliphatic rings. The summed E-state index contributed by atoms with van der Waals surface area (Å²) in [5, 5.41) is 0. The molecule has 0 saturated heterocycles. The summed E-state index contributed by atoms with van der Waals surface area (Å²) in [7, 11) is 0. The fourth-order valence-corrected chi connectivity index (χ4v) is 3.20. The maximum Gasteiger partial charge on any atom is 0.270 e. The van der Waals surface area contributed by atoms with E-state index in [9.17, 15) is 4.79 Å². The van der Waals surface area contributed by atoms with Crippen molar-refractivity contribution in [3.05, 3.63) is 45.9 Å². The number of carbonyl (C=O) groups is 1. The number of amides is 1. The predicted molar refractivity (Wildman–Crippen MR) is 83.9 cm³/mol. The largest absolute Gasteiger partial charge is 0.326 e. The number of nitrogens with zero attached hydrogens (tertiary/aromatic N) is 2. The number of fused-ring (bicyclic) bond motifs is 1. The van der Waals surface area contributed by atoms with Gasteiger partial charge in [-0.3, -0.25) is 4.79 Å². The lowest BCUT2D eigenvalue weighted by Crippen LogP contribution is -2.46. The molecular weight excluding hydrogens is 294 g/mol. The van der Waals surface area contributed by atoms with Gasteiger partial charge >= 0.3 is 0 Å². The van der Waals surface area contributed by atoms with Gasteiger partial charge in [-0.15, -0.1) is 23.7 Å². The number of aryl methyl sites for hydroxylation is 1. The fourth-order valence-electron chi connectivity index (χ4n) is 2.45. The Labute approximate surface area is 128 Å². The van der Waals surface area contributed by atoms with Crippen LogP contribution in [0.15, 0.2) is 29.8 Å². The first kappa shape index (κ1) is 15.0. The van der Waals surface area contributed by atoms with Crippen LogP contribution in [0, 0.1) is 6.92 Å². The van der Waals surface area contributed by atoms with Crippen LogP contribution in [0.25, 0.3) is 0 Å². The number of rotatable bonds is 1. The van der Waals surface area contributed by atoms with Crippen LogP contribution in [-0.2, 0) is 6.42 Å². The molecule has 1 amide bonds. The molecule has 4 nitrogen and oxygen atoms in total. The van der Waals surface area contributed by atoms with Crippen molar-refractivity contribution < 1.29 is 4.79 Å². The standard InChI is InChI=1S/C14H15N3OS.ClH/c1-9-13(19-8-16-9)14(18)17-7-11(15)6-10-4-2-3-5-12(10)17;/h2-5,8,11H,6-7,15H2,1H3;1H. The number of halogens is 1. The maximum absolute atomic E-state index is 12.6. The van der Waals surface area contributed by atoms with Crippen molar-refractivity contribution in [1.82, 2.24) is 4.98 Å². The number of thiazole rings is 1. The zero-order valence-corrected chi connectivity index (χ0v) is 12.7. The van der Waals surface area contributed by atoms with Crippen molar-refractivity contribution in [2.75, 3.05) is 11.4 Å². The highest BCUT2D eigenvalue weighted by Gasteiger charge is 2.28. The fraction of sp³-hybridized carbons (Fsp3) is 0.286. The van der Waals surface area contributed by atoms with E-state index in [1.165, 1.54) is 11.3 Å². The molecule has 0 radical (unpaired) electrons. The van der Waals surface area contributed by atoms with Gasteiger partial charge in [-0.25, -0.2) is 4.98 Å². The van der Waals surface area contributed by atoms with Crippen molar-refractivity contribution in [3.63, 3.8) is 0 Å². The topological polar surface area (TPSA) is 59.2 Å². The average Bonchev–Trinajstić information content (AvgIpc) is 2.83. The number of anilines is 1. The first-order valence-corrected chi connectivity index (χ1v) is 7.10. The number of benzene rings is 1. The highest BCUT2D eigenvalue weighted by atomic mass is 35.5. The minimum absolute atomic E-state index is 0. The molecule has 0 saturated carbocycles. The summed E-state index contributed by atoms with van der Waals surface area (Å²) in [5.41, 5.74) is 10.7. The molecule has 106 valence electrons. The highest BCUT2D eigenvalue weighted by molar-refractivity contribution is 7.12. The van der Waals surface area contributed by atoms with E-state index < -0.39 is 0 Å². The van der Waals surface area contributed by atoms with Gasteiger partial charge in [0.15, 0.2) is 0 Å². The van der Waals surface area contributed by atoms with E-state index >= 15 is 0 Å². The van der Waals surface area contributed by atoms with E-state index in [0.29, 0.717) is 11.4 Å². The van der Waals surface area contributed by atoms with Crippen LogP contribution in [0.2, 0.25) is 0 Å². The lowest BCUT2D eigenvalue weighted by molar-refractivity contribution is 0.0986. The third-order valence-electron chi connectivity index (χ3n) is 3.37. The van der Waals surface area contributed by atoms with Crippen molar-refractivity contribution in [3.8, 4) is 0 Å². The van der Waals surface area contributed by atoms with E-state index in [-0.39, 0.29) is 24.4 Å². The van der Waals surface area contributed by atoms with Crippen LogP contribution in [0.3, 0.4) is 0 Å². The number of carbonyl (C=O) groups excluding carboxylic acids is 1. The summed E-state index contributed by atoms with van der Waals surface area (Å²) in [4.78, 5) is 19.3. The van der Waals surface area contributed by atoms with E-state index in [4.69, 9.17) is 5.73 Å². The highest BCUT2D eigenvalue weighted by Crippen LogP contribution is 2.29. The third-order valence-corrected chi connectivity index (χ3v) is 4.28. The number of aromatic nitrogens is 1. The number of para-hydroxylation sites is 1. The van der Waals surface area contributed by atoms with Gasteiger partial charge in [0, 0.05) is 18.3 Å². The second-order valence-electron chi connectivity index (χ2n) is 4.78. The first-order valence-electron chi connectivity index (χ1n) is 6.22.